The summed E-state index contributed by atoms with van der Waals surface area (Å²) < 4.78 is 16.5. The Labute approximate surface area is 207 Å². The highest BCUT2D eigenvalue weighted by molar-refractivity contribution is 5.79. The van der Waals surface area contributed by atoms with Crippen molar-refractivity contribution >= 4 is 17.1 Å². The van der Waals surface area contributed by atoms with E-state index in [1.54, 1.807) is 11.0 Å². The van der Waals surface area contributed by atoms with E-state index in [0.29, 0.717) is 37.1 Å². The van der Waals surface area contributed by atoms with E-state index < -0.39 is 5.60 Å². The van der Waals surface area contributed by atoms with Crippen LogP contribution in [0.2, 0.25) is 0 Å². The topological polar surface area (TPSA) is 97.9 Å². The second-order valence-electron chi connectivity index (χ2n) is 9.96. The van der Waals surface area contributed by atoms with Gasteiger partial charge in [-0.15, -0.1) is 0 Å². The predicted molar refractivity (Wildman–Crippen MR) is 130 cm³/mol. The molecule has 7 rings (SSSR count). The Bertz CT molecular complexity index is 1410. The molecule has 0 radical (unpaired) electrons. The van der Waals surface area contributed by atoms with Crippen molar-refractivity contribution in [1.82, 2.24) is 15.2 Å². The number of carbonyl (C=O) groups is 1. The normalized spacial score (nSPS) is 25.0. The van der Waals surface area contributed by atoms with Crippen molar-refractivity contribution in [2.75, 3.05) is 19.8 Å². The van der Waals surface area contributed by atoms with E-state index in [-0.39, 0.29) is 30.7 Å². The van der Waals surface area contributed by atoms with Gasteiger partial charge in [-0.2, -0.15) is 0 Å². The minimum atomic E-state index is -1.10. The number of amides is 1. The molecule has 2 aliphatic heterocycles. The third kappa shape index (κ3) is 3.32. The Morgan fingerprint density at radius 3 is 2.28 bits per heavy atom. The van der Waals surface area contributed by atoms with Gasteiger partial charge in [-0.05, 0) is 50.3 Å². The van der Waals surface area contributed by atoms with Crippen molar-refractivity contribution in [3.63, 3.8) is 0 Å². The lowest BCUT2D eigenvalue weighted by atomic mass is 9.77. The lowest BCUT2D eigenvalue weighted by molar-refractivity contribution is -0.136. The van der Waals surface area contributed by atoms with Crippen LogP contribution < -0.4 is 0 Å². The number of morpholine rings is 1. The number of ether oxygens (including phenoxy) is 2. The number of nitrogens with zero attached hydrogens (tertiary/aromatic N) is 3. The highest BCUT2D eigenvalue weighted by Gasteiger charge is 2.49. The fourth-order valence-electron chi connectivity index (χ4n) is 6.25. The van der Waals surface area contributed by atoms with Crippen molar-refractivity contribution in [1.29, 1.82) is 0 Å². The van der Waals surface area contributed by atoms with Gasteiger partial charge in [0.1, 0.15) is 17.6 Å². The summed E-state index contributed by atoms with van der Waals surface area (Å²) in [5.74, 6) is 0.00182. The molecule has 0 spiro atoms. The van der Waals surface area contributed by atoms with Crippen molar-refractivity contribution in [2.45, 2.75) is 36.4 Å². The van der Waals surface area contributed by atoms with Gasteiger partial charge in [-0.1, -0.05) is 54.6 Å². The average Bonchev–Trinajstić information content (AvgIpc) is 3.49. The highest BCUT2D eigenvalue weighted by Crippen LogP contribution is 2.45. The molecule has 0 saturated carbocycles. The number of carbonyl (C=O) groups excluding carboxylic acids is 1. The first-order valence-electron chi connectivity index (χ1n) is 12.3. The van der Waals surface area contributed by atoms with Crippen molar-refractivity contribution < 1.29 is 24.0 Å². The van der Waals surface area contributed by atoms with E-state index in [0.717, 1.165) is 5.56 Å². The van der Waals surface area contributed by atoms with Crippen molar-refractivity contribution in [2.24, 2.45) is 0 Å². The Balaban J connectivity index is 1.11. The minimum absolute atomic E-state index is 0.00182. The van der Waals surface area contributed by atoms with E-state index in [1.165, 1.54) is 22.3 Å². The SMILES string of the molecule is O=C(OCC1c2ccccc2-c2ccccc21)N1C2COCC1CC(O)(c1ccc3nonc3c1)C2. The summed E-state index contributed by atoms with van der Waals surface area (Å²) in [5.41, 5.74) is 5.63. The number of benzene rings is 3. The van der Waals surface area contributed by atoms with E-state index in [1.807, 2.05) is 36.4 Å². The van der Waals surface area contributed by atoms with E-state index >= 15 is 0 Å². The summed E-state index contributed by atoms with van der Waals surface area (Å²) in [5, 5.41) is 19.4. The van der Waals surface area contributed by atoms with Gasteiger partial charge < -0.3 is 14.6 Å². The fraction of sp³-hybridized carbons (Fsp3) is 0.321. The Morgan fingerprint density at radius 1 is 0.944 bits per heavy atom. The van der Waals surface area contributed by atoms with Crippen LogP contribution in [0.1, 0.15) is 35.4 Å². The molecule has 3 heterocycles. The molecule has 3 aliphatic rings. The number of aliphatic hydroxyl groups is 1. The maximum absolute atomic E-state index is 13.4. The van der Waals surface area contributed by atoms with Gasteiger partial charge in [-0.25, -0.2) is 9.42 Å². The van der Waals surface area contributed by atoms with E-state index in [4.69, 9.17) is 14.1 Å². The van der Waals surface area contributed by atoms with Crippen LogP contribution in [-0.2, 0) is 15.1 Å². The van der Waals surface area contributed by atoms with Crippen LogP contribution in [0.15, 0.2) is 71.4 Å². The molecule has 1 aromatic heterocycles. The summed E-state index contributed by atoms with van der Waals surface area (Å²) in [6, 6.07) is 21.5. The molecule has 2 bridgehead atoms. The van der Waals surface area contributed by atoms with Crippen LogP contribution in [-0.4, -0.2) is 58.3 Å². The molecule has 1 N–H and O–H groups in total. The predicted octanol–water partition coefficient (Wildman–Crippen LogP) is 4.22. The number of hydrogen-bond donors (Lipinski definition) is 1. The quantitative estimate of drug-likeness (QED) is 0.466. The zero-order valence-electron chi connectivity index (χ0n) is 19.5. The Morgan fingerprint density at radius 2 is 1.58 bits per heavy atom. The zero-order chi connectivity index (χ0) is 24.3. The molecule has 4 aromatic rings. The van der Waals surface area contributed by atoms with E-state index in [2.05, 4.69) is 34.6 Å². The molecule has 2 saturated heterocycles. The summed E-state index contributed by atoms with van der Waals surface area (Å²) in [6.07, 6.45) is 0.350. The Hall–Kier alpha value is -3.75. The Kier molecular flexibility index (Phi) is 4.87. The molecule has 8 nitrogen and oxygen atoms in total. The van der Waals surface area contributed by atoms with Crippen molar-refractivity contribution in [3.8, 4) is 11.1 Å². The van der Waals surface area contributed by atoms with Crippen LogP contribution in [0, 0.1) is 0 Å². The first-order chi connectivity index (χ1) is 17.6. The average molecular weight is 484 g/mol. The summed E-state index contributed by atoms with van der Waals surface area (Å²) in [4.78, 5) is 15.2. The van der Waals surface area contributed by atoms with Crippen LogP contribution in [0.3, 0.4) is 0 Å². The monoisotopic (exact) mass is 483 g/mol. The second kappa shape index (κ2) is 8.15. The van der Waals surface area contributed by atoms with Crippen LogP contribution in [0.5, 0.6) is 0 Å². The van der Waals surface area contributed by atoms with Gasteiger partial charge in [0.25, 0.3) is 0 Å². The first kappa shape index (κ1) is 21.5. The molecule has 1 amide bonds. The lowest BCUT2D eigenvalue weighted by Gasteiger charge is -2.51. The van der Waals surface area contributed by atoms with Crippen LogP contribution in [0.25, 0.3) is 22.2 Å². The second-order valence-corrected chi connectivity index (χ2v) is 9.96. The van der Waals surface area contributed by atoms with Gasteiger partial charge in [-0.3, -0.25) is 4.90 Å². The molecule has 8 heteroatoms. The number of aromatic nitrogens is 2. The largest absolute Gasteiger partial charge is 0.448 e. The zero-order valence-corrected chi connectivity index (χ0v) is 19.5. The molecule has 2 atom stereocenters. The number of piperidine rings is 1. The highest BCUT2D eigenvalue weighted by atomic mass is 16.6. The standard InChI is InChI=1S/C28H25N3O5/c32-27(35-16-24-22-7-3-1-5-20(22)21-6-2-4-8-23(21)24)31-18-12-28(33,13-19(31)15-34-14-18)17-9-10-25-26(11-17)30-36-29-25/h1-11,18-19,24,33H,12-16H2. The van der Waals surface area contributed by atoms with Gasteiger partial charge in [0.15, 0.2) is 0 Å². The molecular formula is C28H25N3O5. The third-order valence-electron chi connectivity index (χ3n) is 7.89. The molecule has 36 heavy (non-hydrogen) atoms. The smallest absolute Gasteiger partial charge is 0.410 e. The molecule has 2 fully saturated rings. The van der Waals surface area contributed by atoms with Crippen LogP contribution >= 0.6 is 0 Å². The lowest BCUT2D eigenvalue weighted by Crippen LogP contribution is -2.62. The number of rotatable bonds is 3. The molecule has 2 unspecified atom stereocenters. The molecule has 3 aromatic carbocycles. The summed E-state index contributed by atoms with van der Waals surface area (Å²) in [6.45, 7) is 0.983. The molecule has 1 aliphatic carbocycles. The number of fused-ring (bicyclic) bond motifs is 6. The summed E-state index contributed by atoms with van der Waals surface area (Å²) >= 11 is 0. The van der Waals surface area contributed by atoms with Gasteiger partial charge >= 0.3 is 6.09 Å². The van der Waals surface area contributed by atoms with E-state index in [9.17, 15) is 9.90 Å². The van der Waals surface area contributed by atoms with Crippen LogP contribution in [0.4, 0.5) is 4.79 Å². The minimum Gasteiger partial charge on any atom is -0.448 e. The maximum Gasteiger partial charge on any atom is 0.410 e. The molecule has 182 valence electrons. The van der Waals surface area contributed by atoms with Gasteiger partial charge in [0, 0.05) is 18.8 Å². The van der Waals surface area contributed by atoms with Gasteiger partial charge in [0.2, 0.25) is 0 Å². The number of hydrogen-bond acceptors (Lipinski definition) is 7. The van der Waals surface area contributed by atoms with Crippen molar-refractivity contribution in [3.05, 3.63) is 83.4 Å². The maximum atomic E-state index is 13.4. The van der Waals surface area contributed by atoms with Gasteiger partial charge in [0.05, 0.1) is 30.9 Å². The molecular weight excluding hydrogens is 458 g/mol. The first-order valence-corrected chi connectivity index (χ1v) is 12.3. The third-order valence-corrected chi connectivity index (χ3v) is 7.89. The fourth-order valence-corrected chi connectivity index (χ4v) is 6.25. The summed E-state index contributed by atoms with van der Waals surface area (Å²) in [7, 11) is 0.